The van der Waals surface area contributed by atoms with Crippen molar-refractivity contribution in [2.24, 2.45) is 5.73 Å². The summed E-state index contributed by atoms with van der Waals surface area (Å²) in [5, 5.41) is 0.195. The quantitative estimate of drug-likeness (QED) is 0.126. The zero-order valence-electron chi connectivity index (χ0n) is 36.2. The van der Waals surface area contributed by atoms with Crippen molar-refractivity contribution in [2.75, 3.05) is 82.0 Å². The number of halogens is 2. The van der Waals surface area contributed by atoms with E-state index in [0.29, 0.717) is 24.2 Å². The van der Waals surface area contributed by atoms with Gasteiger partial charge in [0.1, 0.15) is 28.8 Å². The van der Waals surface area contributed by atoms with E-state index in [1.807, 2.05) is 24.3 Å². The number of imidazole rings is 2. The monoisotopic (exact) mass is 877 g/mol. The van der Waals surface area contributed by atoms with Crippen LogP contribution >= 0.6 is 0 Å². The van der Waals surface area contributed by atoms with Crippen molar-refractivity contribution in [2.45, 2.75) is 50.9 Å². The number of nitrogens with zero attached hydrogens (tertiary/aromatic N) is 7. The number of nitrogen functional groups attached to an aromatic ring is 1. The van der Waals surface area contributed by atoms with Crippen LogP contribution in [0.25, 0.3) is 49.2 Å². The Bertz CT molecular complexity index is 2530. The van der Waals surface area contributed by atoms with Crippen LogP contribution in [-0.2, 0) is 11.2 Å². The molecule has 3 aromatic heterocycles. The molecule has 3 unspecified atom stereocenters. The number of ketones is 1. The zero-order valence-corrected chi connectivity index (χ0v) is 39.3. The number of pyridine rings is 1. The number of piperazine rings is 2. The van der Waals surface area contributed by atoms with Gasteiger partial charge in [0.2, 0.25) is 0 Å². The van der Waals surface area contributed by atoms with Gasteiger partial charge in [-0.2, -0.15) is 0 Å². The fourth-order valence-corrected chi connectivity index (χ4v) is 7.91. The third-order valence-corrected chi connectivity index (χ3v) is 11.4. The topological polar surface area (TPSA) is 207 Å². The van der Waals surface area contributed by atoms with Crippen LogP contribution < -0.4 is 78.2 Å². The van der Waals surface area contributed by atoms with Gasteiger partial charge in [-0.25, -0.2) is 25.3 Å². The Balaban J connectivity index is 0.000000223. The molecule has 0 radical (unpaired) electrons. The number of aromatic nitrogens is 5. The minimum atomic E-state index is -0.985. The number of H-pyrrole nitrogens is 3. The largest absolute Gasteiger partial charge is 1.00 e. The molecule has 5 heterocycles. The van der Waals surface area contributed by atoms with Gasteiger partial charge < -0.3 is 63.8 Å². The first-order valence-electron chi connectivity index (χ1n) is 20.1. The molecule has 326 valence electrons. The Kier molecular flexibility index (Phi) is 18.2. The second kappa shape index (κ2) is 22.4. The minimum Gasteiger partial charge on any atom is -0.870 e. The minimum absolute atomic E-state index is 0. The molecule has 6 aromatic rings. The fourth-order valence-electron chi connectivity index (χ4n) is 7.91. The van der Waals surface area contributed by atoms with E-state index in [1.54, 1.807) is 13.0 Å². The average molecular weight is 878 g/mol. The number of hydrogen-bond donors (Lipinski definition) is 5. The molecule has 1 saturated carbocycles. The van der Waals surface area contributed by atoms with Crippen LogP contribution in [0.3, 0.4) is 0 Å². The van der Waals surface area contributed by atoms with E-state index in [2.05, 4.69) is 75.6 Å². The van der Waals surface area contributed by atoms with Gasteiger partial charge in [-0.15, -0.1) is 0 Å². The number of anilines is 3. The summed E-state index contributed by atoms with van der Waals surface area (Å²) < 4.78 is 27.1. The van der Waals surface area contributed by atoms with Crippen LogP contribution in [0.2, 0.25) is 0 Å². The van der Waals surface area contributed by atoms with Crippen molar-refractivity contribution in [3.63, 3.8) is 0 Å². The van der Waals surface area contributed by atoms with Gasteiger partial charge in [0, 0.05) is 63.7 Å². The molecule has 62 heavy (non-hydrogen) atoms. The number of alkyl halides is 1. The summed E-state index contributed by atoms with van der Waals surface area (Å²) in [4.78, 5) is 54.5. The van der Waals surface area contributed by atoms with Crippen molar-refractivity contribution in [3.8, 4) is 11.4 Å². The second-order valence-corrected chi connectivity index (χ2v) is 15.8. The van der Waals surface area contributed by atoms with Crippen LogP contribution in [-0.4, -0.2) is 131 Å². The SMILES string of the molecule is CC(=O)Cc1nc2ccc(N3CCN(C)CC3)cc2[nH]1.CN1CCN(c2ccc3nc(-c4c(N)c5c(F)cccc5[nH]c4=O)[nH]c3c2)CC1.[C-]#[N+]C1C(N)CCCC1F.[CH3-].[K+].[OH-]. The molecule has 3 fully saturated rings. The van der Waals surface area contributed by atoms with Crippen LogP contribution in [0.5, 0.6) is 0 Å². The number of aromatic amines is 3. The molecule has 0 amide bonds. The van der Waals surface area contributed by atoms with E-state index in [4.69, 9.17) is 18.0 Å². The standard InChI is InChI=1S/C21H21FN6O.C15H20N4O.C7H11FN2.CH3.K.H2O/c1-27-7-9-28(10-8-27)12-5-6-14-16(11-12)25-20(24-14)18-19(23)17-13(22)3-2-4-15(17)26-21(18)29;1-11(20)9-15-16-13-4-3-12(10-14(13)17-15)19-7-5-18(2)6-8-19;1-10-7-5(8)3-2-4-6(7)9;;;/h2-6,11H,7-10H2,1H3,(H,24,25)(H3,23,26,29);3-4,10H,5-9H2,1-2H3,(H,16,17);5-7H,2-4,9H2;1H3;;1H2/q;;;-1;+1;/p-1. The van der Waals surface area contributed by atoms with E-state index >= 15 is 0 Å². The molecule has 18 heteroatoms. The van der Waals surface area contributed by atoms with Crippen molar-refractivity contribution in [1.29, 1.82) is 0 Å². The number of likely N-dealkylation sites (N-methyl/N-ethyl adjacent to an activating group) is 2. The molecule has 2 aliphatic heterocycles. The van der Waals surface area contributed by atoms with Gasteiger partial charge in [0.05, 0.1) is 51.1 Å². The van der Waals surface area contributed by atoms with Crippen molar-refractivity contribution in [1.82, 2.24) is 34.7 Å². The van der Waals surface area contributed by atoms with Crippen molar-refractivity contribution in [3.05, 3.63) is 95.4 Å². The first-order valence-corrected chi connectivity index (χ1v) is 20.1. The number of Topliss-reactive ketones (excluding diaryl/α,β-unsaturated/α-hetero) is 1. The van der Waals surface area contributed by atoms with Gasteiger partial charge in [-0.05, 0) is 88.8 Å². The van der Waals surface area contributed by atoms with E-state index in [9.17, 15) is 18.4 Å². The molecule has 9 rings (SSSR count). The first kappa shape index (κ1) is 50.4. The summed E-state index contributed by atoms with van der Waals surface area (Å²) in [5.41, 5.74) is 17.7. The molecule has 15 nitrogen and oxygen atoms in total. The Morgan fingerprint density at radius 3 is 1.95 bits per heavy atom. The molecule has 0 bridgehead atoms. The number of nitrogens with one attached hydrogen (secondary N) is 3. The maximum absolute atomic E-state index is 14.3. The van der Waals surface area contributed by atoms with E-state index in [-0.39, 0.29) is 92.7 Å². The number of nitrogens with two attached hydrogens (primary N) is 2. The Morgan fingerprint density at radius 1 is 0.855 bits per heavy atom. The fraction of sp³-hybridized carbons (Fsp3) is 0.409. The number of carbonyl (C=O) groups excluding carboxylic acids is 1. The Labute approximate surface area is 403 Å². The summed E-state index contributed by atoms with van der Waals surface area (Å²) >= 11 is 0. The van der Waals surface area contributed by atoms with E-state index in [1.165, 1.54) is 17.8 Å². The van der Waals surface area contributed by atoms with Gasteiger partial charge in [0.15, 0.2) is 6.17 Å². The predicted molar refractivity (Wildman–Crippen MR) is 239 cm³/mol. The third kappa shape index (κ3) is 11.6. The maximum Gasteiger partial charge on any atom is 1.00 e. The van der Waals surface area contributed by atoms with Crippen LogP contribution in [0.4, 0.5) is 25.8 Å². The third-order valence-electron chi connectivity index (χ3n) is 11.4. The molecule has 0 spiro atoms. The summed E-state index contributed by atoms with van der Waals surface area (Å²) in [7, 11) is 4.28. The predicted octanol–water partition coefficient (Wildman–Crippen LogP) is 2.39. The number of hydrogen-bond acceptors (Lipinski definition) is 11. The summed E-state index contributed by atoms with van der Waals surface area (Å²) in [5.74, 6) is 0.733. The molecule has 2 saturated heterocycles. The Morgan fingerprint density at radius 2 is 1.42 bits per heavy atom. The zero-order chi connectivity index (χ0) is 41.8. The van der Waals surface area contributed by atoms with Gasteiger partial charge >= 0.3 is 51.4 Å². The van der Waals surface area contributed by atoms with Gasteiger partial charge in [-0.1, -0.05) is 6.07 Å². The second-order valence-electron chi connectivity index (χ2n) is 15.8. The molecular weight excluding hydrogens is 822 g/mol. The normalized spacial score (nSPS) is 19.2. The van der Waals surface area contributed by atoms with Gasteiger partial charge in [-0.3, -0.25) is 9.59 Å². The van der Waals surface area contributed by atoms with Crippen LogP contribution in [0.15, 0.2) is 59.4 Å². The molecule has 3 aromatic carbocycles. The number of benzene rings is 3. The van der Waals surface area contributed by atoms with Crippen LogP contribution in [0.1, 0.15) is 32.0 Å². The molecular formula is C44H56F2KN12O3-. The van der Waals surface area contributed by atoms with Gasteiger partial charge in [0.25, 0.3) is 11.6 Å². The van der Waals surface area contributed by atoms with Crippen molar-refractivity contribution >= 4 is 55.8 Å². The number of carbonyl (C=O) groups is 1. The molecule has 3 atom stereocenters. The van der Waals surface area contributed by atoms with Crippen LogP contribution in [0, 0.1) is 19.8 Å². The summed E-state index contributed by atoms with van der Waals surface area (Å²) in [6.07, 6.45) is 1.53. The number of fused-ring (bicyclic) bond motifs is 3. The van der Waals surface area contributed by atoms with E-state index in [0.717, 1.165) is 98.8 Å². The van der Waals surface area contributed by atoms with E-state index < -0.39 is 23.6 Å². The molecule has 8 N–H and O–H groups in total. The average Bonchev–Trinajstić information content (AvgIpc) is 3.81. The summed E-state index contributed by atoms with van der Waals surface area (Å²) in [6, 6.07) is 15.9. The smallest absolute Gasteiger partial charge is 0.870 e. The number of rotatable bonds is 5. The van der Waals surface area contributed by atoms with Crippen molar-refractivity contribution < 1.29 is 70.4 Å². The Hall–Kier alpha value is -4.29. The summed E-state index contributed by atoms with van der Waals surface area (Å²) in [6.45, 7) is 16.5. The maximum atomic E-state index is 14.3. The first-order chi connectivity index (χ1) is 28.4. The molecule has 3 aliphatic rings. The molecule has 1 aliphatic carbocycles.